The number of aromatic amines is 1. The molecular formula is C21H20N4O. The molecule has 26 heavy (non-hydrogen) atoms. The predicted octanol–water partition coefficient (Wildman–Crippen LogP) is 4.47. The highest BCUT2D eigenvalue weighted by Crippen LogP contribution is 2.37. The molecule has 1 saturated heterocycles. The molecule has 130 valence electrons. The number of nitrogens with zero attached hydrogens (tertiary/aromatic N) is 3. The van der Waals surface area contributed by atoms with E-state index in [-0.39, 0.29) is 5.75 Å². The summed E-state index contributed by atoms with van der Waals surface area (Å²) in [5, 5.41) is 19.1. The predicted molar refractivity (Wildman–Crippen MR) is 105 cm³/mol. The SMILES string of the molecule is C[C@H]1CCCN1c1cc2ccc(O)cc2nc1-c1ccc2[nH]ncc2c1. The van der Waals surface area contributed by atoms with Crippen LogP contribution >= 0.6 is 0 Å². The molecule has 0 amide bonds. The van der Waals surface area contributed by atoms with Gasteiger partial charge >= 0.3 is 0 Å². The summed E-state index contributed by atoms with van der Waals surface area (Å²) in [4.78, 5) is 7.40. The molecule has 0 spiro atoms. The van der Waals surface area contributed by atoms with Crippen molar-refractivity contribution < 1.29 is 5.11 Å². The molecular weight excluding hydrogens is 324 g/mol. The number of phenolic OH excluding ortho intramolecular Hbond substituents is 1. The molecule has 1 aliphatic heterocycles. The number of nitrogens with one attached hydrogen (secondary N) is 1. The molecule has 2 aromatic heterocycles. The van der Waals surface area contributed by atoms with Crippen LogP contribution in [0.2, 0.25) is 0 Å². The highest BCUT2D eigenvalue weighted by Gasteiger charge is 2.24. The van der Waals surface area contributed by atoms with E-state index in [0.29, 0.717) is 6.04 Å². The molecule has 2 N–H and O–H groups in total. The number of fused-ring (bicyclic) bond motifs is 2. The third-order valence-electron chi connectivity index (χ3n) is 5.36. The average Bonchev–Trinajstić information content (AvgIpc) is 3.28. The molecule has 5 rings (SSSR count). The second-order valence-electron chi connectivity index (χ2n) is 7.09. The standard InChI is InChI=1S/C21H20N4O/c1-13-3-2-8-25(13)20-10-14-4-6-17(26)11-19(14)23-21(20)15-5-7-18-16(9-15)12-22-24-18/h4-7,9-13,26H,2-3,8H2,1H3,(H,22,24)/t13-/m0/s1. The molecule has 5 nitrogen and oxygen atoms in total. The van der Waals surface area contributed by atoms with Gasteiger partial charge in [0.05, 0.1) is 28.6 Å². The summed E-state index contributed by atoms with van der Waals surface area (Å²) in [6.45, 7) is 3.32. The molecule has 0 unspecified atom stereocenters. The van der Waals surface area contributed by atoms with Crippen LogP contribution < -0.4 is 4.90 Å². The zero-order valence-electron chi connectivity index (χ0n) is 14.6. The summed E-state index contributed by atoms with van der Waals surface area (Å²) in [6.07, 6.45) is 4.24. The topological polar surface area (TPSA) is 65.0 Å². The minimum atomic E-state index is 0.239. The summed E-state index contributed by atoms with van der Waals surface area (Å²) < 4.78 is 0. The van der Waals surface area contributed by atoms with Gasteiger partial charge in [-0.2, -0.15) is 5.10 Å². The highest BCUT2D eigenvalue weighted by atomic mass is 16.3. The largest absolute Gasteiger partial charge is 0.508 e. The van der Waals surface area contributed by atoms with Gasteiger partial charge in [-0.25, -0.2) is 4.98 Å². The first kappa shape index (κ1) is 15.2. The Balaban J connectivity index is 1.77. The van der Waals surface area contributed by atoms with Crippen molar-refractivity contribution in [3.63, 3.8) is 0 Å². The number of benzene rings is 2. The van der Waals surface area contributed by atoms with Crippen LogP contribution in [0.25, 0.3) is 33.1 Å². The van der Waals surface area contributed by atoms with E-state index in [1.54, 1.807) is 12.1 Å². The molecule has 0 radical (unpaired) electrons. The normalized spacial score (nSPS) is 17.4. The zero-order valence-corrected chi connectivity index (χ0v) is 14.6. The van der Waals surface area contributed by atoms with Crippen LogP contribution in [0.1, 0.15) is 19.8 Å². The minimum absolute atomic E-state index is 0.239. The van der Waals surface area contributed by atoms with Gasteiger partial charge in [0.15, 0.2) is 0 Å². The Morgan fingerprint density at radius 3 is 2.88 bits per heavy atom. The number of anilines is 1. The lowest BCUT2D eigenvalue weighted by Gasteiger charge is -2.26. The minimum Gasteiger partial charge on any atom is -0.508 e. The van der Waals surface area contributed by atoms with E-state index in [2.05, 4.69) is 40.2 Å². The van der Waals surface area contributed by atoms with Gasteiger partial charge in [0.25, 0.3) is 0 Å². The molecule has 2 aromatic carbocycles. The molecule has 1 atom stereocenters. The van der Waals surface area contributed by atoms with E-state index in [9.17, 15) is 5.11 Å². The summed E-state index contributed by atoms with van der Waals surface area (Å²) >= 11 is 0. The molecule has 0 bridgehead atoms. The van der Waals surface area contributed by atoms with Gasteiger partial charge in [-0.15, -0.1) is 0 Å². The van der Waals surface area contributed by atoms with Crippen LogP contribution in [0.5, 0.6) is 5.75 Å². The van der Waals surface area contributed by atoms with Crippen molar-refractivity contribution in [3.05, 3.63) is 48.7 Å². The van der Waals surface area contributed by atoms with E-state index in [1.807, 2.05) is 18.3 Å². The lowest BCUT2D eigenvalue weighted by molar-refractivity contribution is 0.476. The number of phenols is 1. The van der Waals surface area contributed by atoms with Crippen LogP contribution in [0.4, 0.5) is 5.69 Å². The highest BCUT2D eigenvalue weighted by molar-refractivity contribution is 5.92. The maximum absolute atomic E-state index is 9.87. The first-order valence-electron chi connectivity index (χ1n) is 9.03. The van der Waals surface area contributed by atoms with Gasteiger partial charge < -0.3 is 10.0 Å². The molecule has 1 aliphatic rings. The van der Waals surface area contributed by atoms with Gasteiger partial charge in [-0.3, -0.25) is 5.10 Å². The van der Waals surface area contributed by atoms with Crippen molar-refractivity contribution in [2.45, 2.75) is 25.8 Å². The van der Waals surface area contributed by atoms with Gasteiger partial charge in [0.2, 0.25) is 0 Å². The number of H-pyrrole nitrogens is 1. The van der Waals surface area contributed by atoms with E-state index >= 15 is 0 Å². The first-order valence-corrected chi connectivity index (χ1v) is 9.03. The molecule has 3 heterocycles. The van der Waals surface area contributed by atoms with Crippen molar-refractivity contribution in [2.75, 3.05) is 11.4 Å². The fourth-order valence-corrected chi connectivity index (χ4v) is 3.96. The van der Waals surface area contributed by atoms with Crippen LogP contribution in [-0.4, -0.2) is 32.9 Å². The third kappa shape index (κ3) is 2.39. The monoisotopic (exact) mass is 344 g/mol. The van der Waals surface area contributed by atoms with Crippen molar-refractivity contribution in [1.82, 2.24) is 15.2 Å². The van der Waals surface area contributed by atoms with Crippen molar-refractivity contribution >= 4 is 27.5 Å². The lowest BCUT2D eigenvalue weighted by atomic mass is 10.0. The quantitative estimate of drug-likeness (QED) is 0.563. The van der Waals surface area contributed by atoms with E-state index in [1.165, 1.54) is 12.8 Å². The fourth-order valence-electron chi connectivity index (χ4n) is 3.96. The zero-order chi connectivity index (χ0) is 17.7. The Labute approximate surface area is 151 Å². The van der Waals surface area contributed by atoms with Crippen LogP contribution in [0.3, 0.4) is 0 Å². The Morgan fingerprint density at radius 2 is 2.04 bits per heavy atom. The summed E-state index contributed by atoms with van der Waals surface area (Å²) in [5.41, 5.74) is 5.01. The third-order valence-corrected chi connectivity index (χ3v) is 5.36. The Morgan fingerprint density at radius 1 is 1.12 bits per heavy atom. The van der Waals surface area contributed by atoms with Gasteiger partial charge in [0.1, 0.15) is 5.75 Å². The number of rotatable bonds is 2. The molecule has 0 saturated carbocycles. The molecule has 1 fully saturated rings. The maximum Gasteiger partial charge on any atom is 0.117 e. The Bertz CT molecular complexity index is 1120. The first-order chi connectivity index (χ1) is 12.7. The lowest BCUT2D eigenvalue weighted by Crippen LogP contribution is -2.27. The van der Waals surface area contributed by atoms with Crippen molar-refractivity contribution in [2.24, 2.45) is 0 Å². The number of hydrogen-bond donors (Lipinski definition) is 2. The second-order valence-corrected chi connectivity index (χ2v) is 7.09. The van der Waals surface area contributed by atoms with Crippen molar-refractivity contribution in [1.29, 1.82) is 0 Å². The Hall–Kier alpha value is -3.08. The molecule has 5 heteroatoms. The van der Waals surface area contributed by atoms with E-state index in [4.69, 9.17) is 4.98 Å². The van der Waals surface area contributed by atoms with E-state index in [0.717, 1.165) is 45.3 Å². The maximum atomic E-state index is 9.87. The summed E-state index contributed by atoms with van der Waals surface area (Å²) in [7, 11) is 0. The smallest absolute Gasteiger partial charge is 0.117 e. The van der Waals surface area contributed by atoms with E-state index < -0.39 is 0 Å². The second kappa shape index (κ2) is 5.73. The van der Waals surface area contributed by atoms with Crippen LogP contribution in [-0.2, 0) is 0 Å². The van der Waals surface area contributed by atoms with Gasteiger partial charge in [-0.1, -0.05) is 6.07 Å². The number of hydrogen-bond acceptors (Lipinski definition) is 4. The number of aromatic nitrogens is 3. The van der Waals surface area contributed by atoms with Gasteiger partial charge in [0, 0.05) is 35.0 Å². The van der Waals surface area contributed by atoms with Crippen LogP contribution in [0.15, 0.2) is 48.7 Å². The van der Waals surface area contributed by atoms with Crippen molar-refractivity contribution in [3.8, 4) is 17.0 Å². The summed E-state index contributed by atoms with van der Waals surface area (Å²) in [6, 6.07) is 14.3. The number of pyridine rings is 1. The van der Waals surface area contributed by atoms with Crippen LogP contribution in [0, 0.1) is 0 Å². The Kier molecular flexibility index (Phi) is 3.35. The molecule has 0 aliphatic carbocycles. The van der Waals surface area contributed by atoms with Gasteiger partial charge in [-0.05, 0) is 50.1 Å². The fraction of sp³-hybridized carbons (Fsp3) is 0.238. The average molecular weight is 344 g/mol. The number of aromatic hydroxyl groups is 1. The molecule has 4 aromatic rings. The summed E-state index contributed by atoms with van der Waals surface area (Å²) in [5.74, 6) is 0.239.